The predicted octanol–water partition coefficient (Wildman–Crippen LogP) is 1.08. The van der Waals surface area contributed by atoms with Crippen molar-refractivity contribution in [3.8, 4) is 0 Å². The Hall–Kier alpha value is -0.370. The van der Waals surface area contributed by atoms with E-state index >= 15 is 0 Å². The Labute approximate surface area is 57.4 Å². The van der Waals surface area contributed by atoms with Crippen LogP contribution in [0.15, 0.2) is 4.99 Å². The molecule has 0 spiro atoms. The summed E-state index contributed by atoms with van der Waals surface area (Å²) < 4.78 is 0. The highest BCUT2D eigenvalue weighted by atomic mass is 14.9. The summed E-state index contributed by atoms with van der Waals surface area (Å²) >= 11 is 0. The SMILES string of the molecule is CC=NC(C)CNCC. The van der Waals surface area contributed by atoms with E-state index in [1.54, 1.807) is 0 Å². The van der Waals surface area contributed by atoms with Gasteiger partial charge >= 0.3 is 0 Å². The van der Waals surface area contributed by atoms with Gasteiger partial charge in [0.15, 0.2) is 0 Å². The van der Waals surface area contributed by atoms with Gasteiger partial charge in [-0.3, -0.25) is 4.99 Å². The van der Waals surface area contributed by atoms with Gasteiger partial charge in [0.2, 0.25) is 0 Å². The molecule has 0 aliphatic carbocycles. The van der Waals surface area contributed by atoms with Crippen LogP contribution in [0.4, 0.5) is 0 Å². The molecule has 0 aromatic heterocycles. The minimum Gasteiger partial charge on any atom is -0.315 e. The van der Waals surface area contributed by atoms with Gasteiger partial charge in [0.25, 0.3) is 0 Å². The molecule has 1 unspecified atom stereocenters. The Morgan fingerprint density at radius 2 is 2.33 bits per heavy atom. The van der Waals surface area contributed by atoms with E-state index in [0.29, 0.717) is 6.04 Å². The molecule has 0 saturated heterocycles. The molecule has 1 N–H and O–H groups in total. The molecule has 0 aliphatic rings. The average molecular weight is 128 g/mol. The van der Waals surface area contributed by atoms with E-state index < -0.39 is 0 Å². The molecule has 0 heterocycles. The lowest BCUT2D eigenvalue weighted by Crippen LogP contribution is -2.22. The highest BCUT2D eigenvalue weighted by Gasteiger charge is 1.92. The van der Waals surface area contributed by atoms with Crippen LogP contribution < -0.4 is 5.32 Å². The summed E-state index contributed by atoms with van der Waals surface area (Å²) in [7, 11) is 0. The second-order valence-electron chi connectivity index (χ2n) is 2.06. The number of nitrogens with one attached hydrogen (secondary N) is 1. The number of hydrogen-bond acceptors (Lipinski definition) is 2. The van der Waals surface area contributed by atoms with Crippen LogP contribution in [0.5, 0.6) is 0 Å². The number of aliphatic imine (C=N–C) groups is 1. The Morgan fingerprint density at radius 3 is 2.78 bits per heavy atom. The molecule has 54 valence electrons. The van der Waals surface area contributed by atoms with Crippen molar-refractivity contribution in [3.63, 3.8) is 0 Å². The maximum absolute atomic E-state index is 4.17. The molecule has 1 atom stereocenters. The Balaban J connectivity index is 3.15. The van der Waals surface area contributed by atoms with Gasteiger partial charge in [0, 0.05) is 6.54 Å². The molecule has 2 nitrogen and oxygen atoms in total. The quantitative estimate of drug-likeness (QED) is 0.563. The van der Waals surface area contributed by atoms with Crippen LogP contribution in [-0.2, 0) is 0 Å². The first-order valence-corrected chi connectivity index (χ1v) is 3.49. The zero-order valence-corrected chi connectivity index (χ0v) is 6.52. The first kappa shape index (κ1) is 8.63. The van der Waals surface area contributed by atoms with Gasteiger partial charge in [-0.05, 0) is 26.6 Å². The standard InChI is InChI=1S/C7H16N2/c1-4-8-6-7(3)9-5-2/h5,7-8H,4,6H2,1-3H3. The number of rotatable bonds is 4. The van der Waals surface area contributed by atoms with Crippen molar-refractivity contribution in [2.75, 3.05) is 13.1 Å². The highest BCUT2D eigenvalue weighted by molar-refractivity contribution is 5.53. The third kappa shape index (κ3) is 5.50. The van der Waals surface area contributed by atoms with Crippen molar-refractivity contribution in [1.82, 2.24) is 5.32 Å². The minimum absolute atomic E-state index is 0.426. The fraction of sp³-hybridized carbons (Fsp3) is 0.857. The lowest BCUT2D eigenvalue weighted by atomic mass is 10.3. The molecule has 0 radical (unpaired) electrons. The third-order valence-corrected chi connectivity index (χ3v) is 1.09. The molecule has 0 aromatic carbocycles. The third-order valence-electron chi connectivity index (χ3n) is 1.09. The van der Waals surface area contributed by atoms with Crippen LogP contribution in [0, 0.1) is 0 Å². The maximum Gasteiger partial charge on any atom is 0.0591 e. The summed E-state index contributed by atoms with van der Waals surface area (Å²) in [5.74, 6) is 0. The van der Waals surface area contributed by atoms with Gasteiger partial charge in [0.05, 0.1) is 6.04 Å². The van der Waals surface area contributed by atoms with E-state index in [4.69, 9.17) is 0 Å². The van der Waals surface area contributed by atoms with Gasteiger partial charge in [0.1, 0.15) is 0 Å². The molecular formula is C7H16N2. The van der Waals surface area contributed by atoms with Crippen molar-refractivity contribution in [2.45, 2.75) is 26.8 Å². The van der Waals surface area contributed by atoms with E-state index in [-0.39, 0.29) is 0 Å². The zero-order valence-electron chi connectivity index (χ0n) is 6.52. The summed E-state index contributed by atoms with van der Waals surface area (Å²) in [6.45, 7) is 8.16. The van der Waals surface area contributed by atoms with Gasteiger partial charge in [-0.15, -0.1) is 0 Å². The van der Waals surface area contributed by atoms with Gasteiger partial charge in [-0.25, -0.2) is 0 Å². The molecule has 9 heavy (non-hydrogen) atoms. The molecule has 0 aliphatic heterocycles. The summed E-state index contributed by atoms with van der Waals surface area (Å²) in [4.78, 5) is 4.17. The number of hydrogen-bond donors (Lipinski definition) is 1. The van der Waals surface area contributed by atoms with Crippen LogP contribution >= 0.6 is 0 Å². The molecule has 0 rings (SSSR count). The van der Waals surface area contributed by atoms with Crippen LogP contribution in [0.3, 0.4) is 0 Å². The molecule has 0 aromatic rings. The first-order valence-electron chi connectivity index (χ1n) is 3.49. The molecule has 0 amide bonds. The smallest absolute Gasteiger partial charge is 0.0591 e. The average Bonchev–Trinajstić information content (AvgIpc) is 1.85. The van der Waals surface area contributed by atoms with Crippen molar-refractivity contribution < 1.29 is 0 Å². The van der Waals surface area contributed by atoms with Crippen molar-refractivity contribution in [2.24, 2.45) is 4.99 Å². The Morgan fingerprint density at radius 1 is 1.67 bits per heavy atom. The monoisotopic (exact) mass is 128 g/mol. The summed E-state index contributed by atoms with van der Waals surface area (Å²) in [5, 5.41) is 3.22. The van der Waals surface area contributed by atoms with Crippen molar-refractivity contribution in [3.05, 3.63) is 0 Å². The Bertz CT molecular complexity index is 79.0. The van der Waals surface area contributed by atoms with Gasteiger partial charge < -0.3 is 5.32 Å². The lowest BCUT2D eigenvalue weighted by molar-refractivity contribution is 0.630. The maximum atomic E-state index is 4.17. The van der Waals surface area contributed by atoms with Crippen LogP contribution in [0.1, 0.15) is 20.8 Å². The summed E-state index contributed by atoms with van der Waals surface area (Å²) in [5.41, 5.74) is 0. The van der Waals surface area contributed by atoms with Crippen molar-refractivity contribution in [1.29, 1.82) is 0 Å². The fourth-order valence-corrected chi connectivity index (χ4v) is 0.660. The molecular weight excluding hydrogens is 112 g/mol. The zero-order chi connectivity index (χ0) is 7.11. The lowest BCUT2D eigenvalue weighted by Gasteiger charge is -2.04. The topological polar surface area (TPSA) is 24.4 Å². The number of likely N-dealkylation sites (N-methyl/N-ethyl adjacent to an activating group) is 1. The normalized spacial score (nSPS) is 14.6. The highest BCUT2D eigenvalue weighted by Crippen LogP contribution is 1.83. The van der Waals surface area contributed by atoms with Crippen LogP contribution in [0.2, 0.25) is 0 Å². The van der Waals surface area contributed by atoms with E-state index in [1.165, 1.54) is 0 Å². The summed E-state index contributed by atoms with van der Waals surface area (Å²) in [6.07, 6.45) is 1.85. The second kappa shape index (κ2) is 5.76. The van der Waals surface area contributed by atoms with Gasteiger partial charge in [-0.2, -0.15) is 0 Å². The molecule has 0 saturated carbocycles. The molecule has 2 heteroatoms. The van der Waals surface area contributed by atoms with E-state index in [0.717, 1.165) is 13.1 Å². The summed E-state index contributed by atoms with van der Waals surface area (Å²) in [6, 6.07) is 0.426. The van der Waals surface area contributed by atoms with E-state index in [1.807, 2.05) is 13.1 Å². The second-order valence-corrected chi connectivity index (χ2v) is 2.06. The van der Waals surface area contributed by atoms with Crippen LogP contribution in [0.25, 0.3) is 0 Å². The predicted molar refractivity (Wildman–Crippen MR) is 42.2 cm³/mol. The van der Waals surface area contributed by atoms with E-state index in [9.17, 15) is 0 Å². The van der Waals surface area contributed by atoms with E-state index in [2.05, 4.69) is 24.2 Å². The Kier molecular flexibility index (Phi) is 5.52. The van der Waals surface area contributed by atoms with Gasteiger partial charge in [-0.1, -0.05) is 6.92 Å². The molecule has 0 fully saturated rings. The molecule has 0 bridgehead atoms. The number of nitrogens with zero attached hydrogens (tertiary/aromatic N) is 1. The first-order chi connectivity index (χ1) is 4.31. The fourth-order valence-electron chi connectivity index (χ4n) is 0.660. The van der Waals surface area contributed by atoms with Crippen molar-refractivity contribution >= 4 is 6.21 Å². The minimum atomic E-state index is 0.426. The van der Waals surface area contributed by atoms with Crippen LogP contribution in [-0.4, -0.2) is 25.3 Å². The largest absolute Gasteiger partial charge is 0.315 e.